The van der Waals surface area contributed by atoms with Crippen molar-refractivity contribution in [1.82, 2.24) is 14.5 Å². The van der Waals surface area contributed by atoms with Crippen LogP contribution < -0.4 is 5.32 Å². The van der Waals surface area contributed by atoms with Gasteiger partial charge in [0.1, 0.15) is 10.9 Å². The maximum Gasteiger partial charge on any atom is 0.269 e. The van der Waals surface area contributed by atoms with Gasteiger partial charge in [-0.2, -0.15) is 0 Å². The zero-order valence-corrected chi connectivity index (χ0v) is 21.1. The number of halogens is 1. The molecule has 8 nitrogen and oxygen atoms in total. The molecule has 0 bridgehead atoms. The molecule has 1 aliphatic rings. The zero-order valence-electron chi connectivity index (χ0n) is 19.5. The Morgan fingerprint density at radius 1 is 1.09 bits per heavy atom. The first-order chi connectivity index (χ1) is 15.8. The third-order valence-corrected chi connectivity index (χ3v) is 7.46. The molecule has 3 rings (SSSR count). The van der Waals surface area contributed by atoms with Gasteiger partial charge < -0.3 is 10.2 Å². The van der Waals surface area contributed by atoms with Crippen LogP contribution >= 0.6 is 11.6 Å². The highest BCUT2D eigenvalue weighted by Gasteiger charge is 2.41. The molecule has 10 heteroatoms. The van der Waals surface area contributed by atoms with Crippen LogP contribution in [0.2, 0.25) is 5.02 Å². The van der Waals surface area contributed by atoms with Crippen molar-refractivity contribution < 1.29 is 22.8 Å². The van der Waals surface area contributed by atoms with Gasteiger partial charge in [0.25, 0.3) is 15.9 Å². The molecule has 2 aromatic rings. The van der Waals surface area contributed by atoms with Crippen LogP contribution in [-0.2, 0) is 26.2 Å². The largest absolute Gasteiger partial charge is 0.350 e. The summed E-state index contributed by atoms with van der Waals surface area (Å²) >= 11 is 5.96. The number of rotatable bonds is 7. The smallest absolute Gasteiger partial charge is 0.269 e. The van der Waals surface area contributed by atoms with Gasteiger partial charge in [0.15, 0.2) is 0 Å². The molecule has 2 aromatic carbocycles. The first kappa shape index (κ1) is 25.7. The van der Waals surface area contributed by atoms with Crippen molar-refractivity contribution in [3.8, 4) is 0 Å². The topological polar surface area (TPSA) is 104 Å². The van der Waals surface area contributed by atoms with Crippen molar-refractivity contribution >= 4 is 39.3 Å². The summed E-state index contributed by atoms with van der Waals surface area (Å²) in [5, 5.41) is 3.40. The van der Waals surface area contributed by atoms with Gasteiger partial charge in [-0.3, -0.25) is 14.4 Å². The molecule has 0 fully saturated rings. The highest BCUT2D eigenvalue weighted by atomic mass is 35.5. The lowest BCUT2D eigenvalue weighted by molar-refractivity contribution is -0.141. The van der Waals surface area contributed by atoms with Gasteiger partial charge in [0, 0.05) is 30.1 Å². The van der Waals surface area contributed by atoms with Gasteiger partial charge in [0.2, 0.25) is 11.8 Å². The van der Waals surface area contributed by atoms with Crippen LogP contribution in [0.5, 0.6) is 0 Å². The van der Waals surface area contributed by atoms with E-state index in [2.05, 4.69) is 5.32 Å². The summed E-state index contributed by atoms with van der Waals surface area (Å²) in [7, 11) is -4.02. The Kier molecular flexibility index (Phi) is 7.38. The van der Waals surface area contributed by atoms with Gasteiger partial charge in [-0.25, -0.2) is 12.7 Å². The van der Waals surface area contributed by atoms with Gasteiger partial charge in [-0.05, 0) is 57.5 Å². The lowest BCUT2D eigenvalue weighted by atomic mass is 10.1. The maximum atomic E-state index is 13.3. The highest BCUT2D eigenvalue weighted by molar-refractivity contribution is 7.90. The van der Waals surface area contributed by atoms with Crippen molar-refractivity contribution in [2.24, 2.45) is 0 Å². The van der Waals surface area contributed by atoms with E-state index in [9.17, 15) is 22.8 Å². The van der Waals surface area contributed by atoms with E-state index in [-0.39, 0.29) is 35.9 Å². The van der Waals surface area contributed by atoms with Crippen molar-refractivity contribution in [1.29, 1.82) is 0 Å². The van der Waals surface area contributed by atoms with E-state index in [1.165, 1.54) is 17.0 Å². The molecule has 3 amide bonds. The van der Waals surface area contributed by atoms with E-state index in [0.717, 1.165) is 9.87 Å². The number of hydrogen-bond acceptors (Lipinski definition) is 5. The second-order valence-corrected chi connectivity index (χ2v) is 11.5. The lowest BCUT2D eigenvalue weighted by Crippen LogP contribution is -2.52. The van der Waals surface area contributed by atoms with Crippen molar-refractivity contribution in [3.63, 3.8) is 0 Å². The molecule has 182 valence electrons. The van der Waals surface area contributed by atoms with Crippen molar-refractivity contribution in [2.45, 2.75) is 57.1 Å². The molecule has 0 radical (unpaired) electrons. The number of hydrogen-bond donors (Lipinski definition) is 1. The summed E-state index contributed by atoms with van der Waals surface area (Å²) in [4.78, 5) is 40.1. The van der Waals surface area contributed by atoms with Crippen LogP contribution in [0, 0.1) is 0 Å². The van der Waals surface area contributed by atoms with Crippen LogP contribution in [0.1, 0.15) is 50.0 Å². The molecular weight excluding hydrogens is 478 g/mol. The average molecular weight is 506 g/mol. The predicted molar refractivity (Wildman–Crippen MR) is 129 cm³/mol. The lowest BCUT2D eigenvalue weighted by Gasteiger charge is -2.32. The van der Waals surface area contributed by atoms with Gasteiger partial charge in [-0.15, -0.1) is 0 Å². The molecule has 0 saturated carbocycles. The Balaban J connectivity index is 1.80. The van der Waals surface area contributed by atoms with Gasteiger partial charge in [0.05, 0.1) is 5.56 Å². The number of fused-ring (bicyclic) bond motifs is 1. The predicted octanol–water partition coefficient (Wildman–Crippen LogP) is 3.21. The second kappa shape index (κ2) is 9.76. The monoisotopic (exact) mass is 505 g/mol. The van der Waals surface area contributed by atoms with Crippen LogP contribution in [0.15, 0.2) is 53.4 Å². The zero-order chi connectivity index (χ0) is 25.3. The molecule has 0 spiro atoms. The minimum atomic E-state index is -4.02. The van der Waals surface area contributed by atoms with E-state index < -0.39 is 33.4 Å². The molecule has 0 aromatic heterocycles. The van der Waals surface area contributed by atoms with Crippen LogP contribution in [0.3, 0.4) is 0 Å². The van der Waals surface area contributed by atoms with E-state index in [0.29, 0.717) is 5.02 Å². The Morgan fingerprint density at radius 3 is 2.29 bits per heavy atom. The fourth-order valence-corrected chi connectivity index (χ4v) is 5.33. The van der Waals surface area contributed by atoms with Crippen molar-refractivity contribution in [3.05, 3.63) is 64.7 Å². The normalized spacial score (nSPS) is 15.6. The summed E-state index contributed by atoms with van der Waals surface area (Å²) in [6.45, 7) is 6.93. The number of benzene rings is 2. The summed E-state index contributed by atoms with van der Waals surface area (Å²) in [6, 6.07) is 12.0. The molecule has 1 heterocycles. The Morgan fingerprint density at radius 2 is 1.71 bits per heavy atom. The molecule has 1 atom stereocenters. The first-order valence-electron chi connectivity index (χ1n) is 10.8. The summed E-state index contributed by atoms with van der Waals surface area (Å²) in [5.41, 5.74) is 0.346. The van der Waals surface area contributed by atoms with Crippen LogP contribution in [0.4, 0.5) is 0 Å². The standard InChI is InChI=1S/C24H28ClN3O5S/c1-16(22(30)26-24(2,3)4)27(15-17-9-11-18(25)12-10-17)21(29)13-14-28-23(31)19-7-5-6-8-20(19)34(28,32)33/h5-12,16H,13-15H2,1-4H3,(H,26,30). The van der Waals surface area contributed by atoms with Crippen molar-refractivity contribution in [2.75, 3.05) is 6.54 Å². The summed E-state index contributed by atoms with van der Waals surface area (Å²) in [6.07, 6.45) is -0.264. The molecule has 1 N–H and O–H groups in total. The molecule has 0 saturated heterocycles. The molecule has 1 aliphatic heterocycles. The number of sulfonamides is 1. The van der Waals surface area contributed by atoms with E-state index in [1.54, 1.807) is 43.3 Å². The van der Waals surface area contributed by atoms with Crippen LogP contribution in [-0.4, -0.2) is 53.5 Å². The van der Waals surface area contributed by atoms with Gasteiger partial charge in [-0.1, -0.05) is 35.9 Å². The Labute approximate surface area is 204 Å². The third kappa shape index (κ3) is 5.59. The first-order valence-corrected chi connectivity index (χ1v) is 12.6. The number of carbonyl (C=O) groups is 3. The number of carbonyl (C=O) groups excluding carboxylic acids is 3. The van der Waals surface area contributed by atoms with E-state index >= 15 is 0 Å². The van der Waals surface area contributed by atoms with E-state index in [1.807, 2.05) is 20.8 Å². The fraction of sp³-hybridized carbons (Fsp3) is 0.375. The molecule has 34 heavy (non-hydrogen) atoms. The summed E-state index contributed by atoms with van der Waals surface area (Å²) in [5.74, 6) is -1.45. The third-order valence-electron chi connectivity index (χ3n) is 5.37. The van der Waals surface area contributed by atoms with Crippen LogP contribution in [0.25, 0.3) is 0 Å². The quantitative estimate of drug-likeness (QED) is 0.622. The second-order valence-electron chi connectivity index (χ2n) is 9.19. The van der Waals surface area contributed by atoms with Gasteiger partial charge >= 0.3 is 0 Å². The Hall–Kier alpha value is -2.91. The molecular formula is C24H28ClN3O5S. The number of nitrogens with one attached hydrogen (secondary N) is 1. The fourth-order valence-electron chi connectivity index (χ4n) is 3.64. The van der Waals surface area contributed by atoms with E-state index in [4.69, 9.17) is 11.6 Å². The maximum absolute atomic E-state index is 13.3. The Bertz CT molecular complexity index is 1210. The summed E-state index contributed by atoms with van der Waals surface area (Å²) < 4.78 is 26.3. The minimum absolute atomic E-state index is 0.0663. The highest BCUT2D eigenvalue weighted by Crippen LogP contribution is 2.30. The minimum Gasteiger partial charge on any atom is -0.350 e. The SMILES string of the molecule is CC(C(=O)NC(C)(C)C)N(Cc1ccc(Cl)cc1)C(=O)CCN1C(=O)c2ccccc2S1(=O)=O. The number of nitrogens with zero attached hydrogens (tertiary/aromatic N) is 2. The number of amides is 3. The molecule has 1 unspecified atom stereocenters. The average Bonchev–Trinajstić information content (AvgIpc) is 2.95. The molecule has 0 aliphatic carbocycles.